The molecule has 2 rings (SSSR count). The van der Waals surface area contributed by atoms with E-state index >= 15 is 0 Å². The van der Waals surface area contributed by atoms with Crippen molar-refractivity contribution in [1.29, 1.82) is 0 Å². The lowest BCUT2D eigenvalue weighted by atomic mass is 10.1. The number of aliphatic hydroxyl groups is 1. The molecule has 0 radical (unpaired) electrons. The number of piperazine rings is 1. The average Bonchev–Trinajstić information content (AvgIpc) is 2.56. The molecular weight excluding hydrogens is 426 g/mol. The third-order valence-corrected chi connectivity index (χ3v) is 4.71. The van der Waals surface area contributed by atoms with Crippen molar-refractivity contribution in [2.24, 2.45) is 0 Å². The van der Waals surface area contributed by atoms with Crippen LogP contribution in [0.2, 0.25) is 0 Å². The van der Waals surface area contributed by atoms with E-state index in [4.69, 9.17) is 4.74 Å². The standard InChI is InChI=1S/C18H23BrF2N2O4/c1-18(2,3)27-17(26)22-5-6-23(11(10-22)4-7-24)16(25)12-8-15(21)13(19)9-14(12)20/h8-9,11,24H,4-7,10H2,1-3H3/t11-/m0/s1. The quantitative estimate of drug-likeness (QED) is 0.720. The molecule has 1 saturated heterocycles. The zero-order valence-electron chi connectivity index (χ0n) is 15.5. The number of hydrogen-bond acceptors (Lipinski definition) is 4. The summed E-state index contributed by atoms with van der Waals surface area (Å²) in [4.78, 5) is 27.8. The summed E-state index contributed by atoms with van der Waals surface area (Å²) in [6.45, 7) is 5.50. The molecule has 6 nitrogen and oxygen atoms in total. The van der Waals surface area contributed by atoms with Crippen molar-refractivity contribution in [1.82, 2.24) is 9.80 Å². The molecule has 0 unspecified atom stereocenters. The maximum absolute atomic E-state index is 14.2. The summed E-state index contributed by atoms with van der Waals surface area (Å²) in [6.07, 6.45) is -0.315. The normalized spacial score (nSPS) is 17.8. The van der Waals surface area contributed by atoms with Crippen LogP contribution >= 0.6 is 15.9 Å². The molecule has 1 aliphatic heterocycles. The lowest BCUT2D eigenvalue weighted by Crippen LogP contribution is -2.57. The molecule has 2 amide bonds. The van der Waals surface area contributed by atoms with Crippen molar-refractivity contribution >= 4 is 27.9 Å². The van der Waals surface area contributed by atoms with Gasteiger partial charge in [0, 0.05) is 26.2 Å². The Bertz CT molecular complexity index is 724. The van der Waals surface area contributed by atoms with Gasteiger partial charge in [-0.15, -0.1) is 0 Å². The first-order valence-corrected chi connectivity index (χ1v) is 9.37. The SMILES string of the molecule is CC(C)(C)OC(=O)N1CCN(C(=O)c2cc(F)c(Br)cc2F)[C@@H](CCO)C1. The van der Waals surface area contributed by atoms with Crippen molar-refractivity contribution < 1.29 is 28.2 Å². The number of amides is 2. The highest BCUT2D eigenvalue weighted by atomic mass is 79.9. The minimum absolute atomic E-state index is 0.0711. The monoisotopic (exact) mass is 448 g/mol. The van der Waals surface area contributed by atoms with Gasteiger partial charge in [0.25, 0.3) is 5.91 Å². The number of hydrogen-bond donors (Lipinski definition) is 1. The second-order valence-corrected chi connectivity index (χ2v) is 8.19. The molecule has 27 heavy (non-hydrogen) atoms. The van der Waals surface area contributed by atoms with E-state index in [1.54, 1.807) is 20.8 Å². The molecule has 0 aliphatic carbocycles. The van der Waals surface area contributed by atoms with Gasteiger partial charge >= 0.3 is 6.09 Å². The number of benzene rings is 1. The Balaban J connectivity index is 2.19. The zero-order chi connectivity index (χ0) is 20.4. The van der Waals surface area contributed by atoms with Crippen LogP contribution in [0.4, 0.5) is 13.6 Å². The molecule has 1 aliphatic rings. The van der Waals surface area contributed by atoms with Gasteiger partial charge in [0.05, 0.1) is 16.1 Å². The number of halogens is 3. The number of aliphatic hydroxyl groups excluding tert-OH is 1. The van der Waals surface area contributed by atoms with Crippen molar-refractivity contribution in [2.75, 3.05) is 26.2 Å². The Morgan fingerprint density at radius 2 is 1.93 bits per heavy atom. The predicted octanol–water partition coefficient (Wildman–Crippen LogP) is 3.17. The summed E-state index contributed by atoms with van der Waals surface area (Å²) in [5.74, 6) is -2.27. The number of carbonyl (C=O) groups is 2. The van der Waals surface area contributed by atoms with E-state index in [1.807, 2.05) is 0 Å². The lowest BCUT2D eigenvalue weighted by Gasteiger charge is -2.41. The average molecular weight is 449 g/mol. The van der Waals surface area contributed by atoms with Crippen LogP contribution < -0.4 is 0 Å². The summed E-state index contributed by atoms with van der Waals surface area (Å²) in [7, 11) is 0. The summed E-state index contributed by atoms with van der Waals surface area (Å²) in [5, 5.41) is 9.32. The van der Waals surface area contributed by atoms with Gasteiger partial charge in [0.2, 0.25) is 0 Å². The molecular formula is C18H23BrF2N2O4. The summed E-state index contributed by atoms with van der Waals surface area (Å²) in [6, 6.07) is 1.22. The molecule has 1 fully saturated rings. The van der Waals surface area contributed by atoms with Crippen molar-refractivity contribution in [2.45, 2.75) is 38.8 Å². The molecule has 150 valence electrons. The number of nitrogens with zero attached hydrogens (tertiary/aromatic N) is 2. The first kappa shape index (κ1) is 21.6. The highest BCUT2D eigenvalue weighted by molar-refractivity contribution is 9.10. The van der Waals surface area contributed by atoms with Crippen LogP contribution in [0.5, 0.6) is 0 Å². The van der Waals surface area contributed by atoms with Crippen LogP contribution in [0.1, 0.15) is 37.6 Å². The van der Waals surface area contributed by atoms with E-state index in [0.29, 0.717) is 0 Å². The molecule has 0 bridgehead atoms. The van der Waals surface area contributed by atoms with E-state index in [0.717, 1.165) is 12.1 Å². The Morgan fingerprint density at radius 3 is 2.52 bits per heavy atom. The first-order chi connectivity index (χ1) is 12.5. The molecule has 0 spiro atoms. The molecule has 1 atom stereocenters. The number of carbonyl (C=O) groups excluding carboxylic acids is 2. The maximum atomic E-state index is 14.2. The van der Waals surface area contributed by atoms with Gasteiger partial charge in [0.15, 0.2) is 0 Å². The third-order valence-electron chi connectivity index (χ3n) is 4.10. The van der Waals surface area contributed by atoms with Gasteiger partial charge in [-0.3, -0.25) is 4.79 Å². The molecule has 1 N–H and O–H groups in total. The Labute approximate surface area is 165 Å². The summed E-state index contributed by atoms with van der Waals surface area (Å²) >= 11 is 2.88. The largest absolute Gasteiger partial charge is 0.444 e. The zero-order valence-corrected chi connectivity index (χ0v) is 17.1. The molecule has 1 aromatic carbocycles. The summed E-state index contributed by atoms with van der Waals surface area (Å²) in [5.41, 5.74) is -1.04. The van der Waals surface area contributed by atoms with Gasteiger partial charge in [0.1, 0.15) is 17.2 Å². The molecule has 0 saturated carbocycles. The van der Waals surface area contributed by atoms with Gasteiger partial charge in [-0.1, -0.05) is 0 Å². The van der Waals surface area contributed by atoms with Gasteiger partial charge in [-0.05, 0) is 55.3 Å². The van der Waals surface area contributed by atoms with Crippen molar-refractivity contribution in [3.63, 3.8) is 0 Å². The van der Waals surface area contributed by atoms with Gasteiger partial charge in [-0.25, -0.2) is 13.6 Å². The van der Waals surface area contributed by atoms with Crippen LogP contribution in [-0.4, -0.2) is 64.8 Å². The fourth-order valence-corrected chi connectivity index (χ4v) is 3.17. The van der Waals surface area contributed by atoms with E-state index in [-0.39, 0.29) is 42.7 Å². The van der Waals surface area contributed by atoms with Crippen LogP contribution in [0, 0.1) is 11.6 Å². The first-order valence-electron chi connectivity index (χ1n) is 8.57. The van der Waals surface area contributed by atoms with E-state index in [2.05, 4.69) is 15.9 Å². The summed E-state index contributed by atoms with van der Waals surface area (Å²) < 4.78 is 33.2. The second-order valence-electron chi connectivity index (χ2n) is 7.34. The van der Waals surface area contributed by atoms with Crippen LogP contribution in [0.25, 0.3) is 0 Å². The number of ether oxygens (including phenoxy) is 1. The van der Waals surface area contributed by atoms with Crippen molar-refractivity contribution in [3.05, 3.63) is 33.8 Å². The Hall–Kier alpha value is -1.74. The molecule has 1 heterocycles. The smallest absolute Gasteiger partial charge is 0.410 e. The van der Waals surface area contributed by atoms with Crippen LogP contribution in [-0.2, 0) is 4.74 Å². The van der Waals surface area contributed by atoms with Crippen LogP contribution in [0.15, 0.2) is 16.6 Å². The fraction of sp³-hybridized carbons (Fsp3) is 0.556. The van der Waals surface area contributed by atoms with E-state index in [9.17, 15) is 23.5 Å². The fourth-order valence-electron chi connectivity index (χ4n) is 2.85. The molecule has 1 aromatic rings. The van der Waals surface area contributed by atoms with Gasteiger partial charge in [-0.2, -0.15) is 0 Å². The highest BCUT2D eigenvalue weighted by Gasteiger charge is 2.35. The van der Waals surface area contributed by atoms with Crippen LogP contribution in [0.3, 0.4) is 0 Å². The highest BCUT2D eigenvalue weighted by Crippen LogP contribution is 2.24. The van der Waals surface area contributed by atoms with E-state index in [1.165, 1.54) is 9.80 Å². The Morgan fingerprint density at radius 1 is 1.26 bits per heavy atom. The maximum Gasteiger partial charge on any atom is 0.410 e. The predicted molar refractivity (Wildman–Crippen MR) is 98.4 cm³/mol. The minimum atomic E-state index is -0.842. The second kappa shape index (κ2) is 8.52. The van der Waals surface area contributed by atoms with Crippen molar-refractivity contribution in [3.8, 4) is 0 Å². The third kappa shape index (κ3) is 5.38. The molecule has 0 aromatic heterocycles. The number of rotatable bonds is 3. The Kier molecular flexibility index (Phi) is 6.80. The minimum Gasteiger partial charge on any atom is -0.444 e. The molecule has 9 heteroatoms. The van der Waals surface area contributed by atoms with Gasteiger partial charge < -0.3 is 19.6 Å². The van der Waals surface area contributed by atoms with E-state index < -0.39 is 35.3 Å². The topological polar surface area (TPSA) is 70.1 Å². The lowest BCUT2D eigenvalue weighted by molar-refractivity contribution is 0.00166.